The molecule has 0 N–H and O–H groups in total. The van der Waals surface area contributed by atoms with Crippen molar-refractivity contribution in [1.29, 1.82) is 5.26 Å². The van der Waals surface area contributed by atoms with Crippen molar-refractivity contribution in [1.82, 2.24) is 19.1 Å². The number of hydrogen-bond acceptors (Lipinski definition) is 4. The fourth-order valence-corrected chi connectivity index (χ4v) is 12.7. The van der Waals surface area contributed by atoms with Gasteiger partial charge in [-0.15, -0.1) is 0 Å². The van der Waals surface area contributed by atoms with Crippen LogP contribution in [0.15, 0.2) is 273 Å². The first-order valence-corrected chi connectivity index (χ1v) is 29.2. The number of benzene rings is 12. The van der Waals surface area contributed by atoms with Crippen LogP contribution in [0.4, 0.5) is 17.1 Å². The molecule has 0 amide bonds. The van der Waals surface area contributed by atoms with Gasteiger partial charge in [0, 0.05) is 78.4 Å². The van der Waals surface area contributed by atoms with Crippen LogP contribution in [0.5, 0.6) is 0 Å². The number of nitrogens with zero attached hydrogens (tertiary/aromatic N) is 6. The van der Waals surface area contributed by atoms with E-state index in [1.165, 1.54) is 49.1 Å². The van der Waals surface area contributed by atoms with Gasteiger partial charge in [-0.05, 0) is 147 Å². The number of aromatic nitrogens is 4. The molecule has 6 heteroatoms. The van der Waals surface area contributed by atoms with E-state index in [-0.39, 0.29) is 5.41 Å². The van der Waals surface area contributed by atoms with Gasteiger partial charge in [0.15, 0.2) is 0 Å². The Morgan fingerprint density at radius 1 is 0.435 bits per heavy atom. The van der Waals surface area contributed by atoms with Crippen molar-refractivity contribution in [3.63, 3.8) is 0 Å². The van der Waals surface area contributed by atoms with Crippen molar-refractivity contribution in [3.05, 3.63) is 290 Å². The number of aryl methyl sites for hydroxylation is 2. The normalized spacial score (nSPS) is 11.8. The lowest BCUT2D eigenvalue weighted by Gasteiger charge is -2.26. The number of imidazole rings is 1. The maximum atomic E-state index is 9.50. The third kappa shape index (κ3) is 9.15. The van der Waals surface area contributed by atoms with Crippen LogP contribution >= 0.6 is 0 Å². The van der Waals surface area contributed by atoms with E-state index in [1.807, 2.05) is 30.3 Å². The highest BCUT2D eigenvalue weighted by molar-refractivity contribution is 6.24. The van der Waals surface area contributed by atoms with E-state index in [0.29, 0.717) is 5.56 Å². The molecule has 0 saturated heterocycles. The van der Waals surface area contributed by atoms with Crippen molar-refractivity contribution in [2.24, 2.45) is 0 Å². The Labute approximate surface area is 494 Å². The molecule has 3 aromatic heterocycles. The van der Waals surface area contributed by atoms with Crippen molar-refractivity contribution in [3.8, 4) is 56.7 Å². The van der Waals surface area contributed by atoms with Crippen molar-refractivity contribution >= 4 is 82.3 Å². The standard InChI is InChI=1S/C79H58N6/c1-79(2,3)59-39-43-62(44-40-59)85-77-69-25-10-8-21-65(69)64-20-7-9-24-68(64)76(77)82-78(85)57-34-32-54(33-35-57)55-36-41-61(42-37-55)84(60-17-5-4-6-18-60)63-19-15-16-52(48-63)46-47-83-74-27-14-12-23-67(74)71-49-58(38-45-75(71)83)73-50-70(56-30-28-53(51-80)29-31-56)66-22-11-13-26-72(66)81-73/h4-45,48-50H,46-47H2,1-3H3. The van der Waals surface area contributed by atoms with Gasteiger partial charge in [0.25, 0.3) is 0 Å². The zero-order valence-corrected chi connectivity index (χ0v) is 47.6. The zero-order valence-electron chi connectivity index (χ0n) is 47.6. The van der Waals surface area contributed by atoms with Crippen LogP contribution in [-0.4, -0.2) is 19.1 Å². The molecule has 0 atom stereocenters. The van der Waals surface area contributed by atoms with E-state index >= 15 is 0 Å². The molecule has 6 nitrogen and oxygen atoms in total. The number of hydrogen-bond donors (Lipinski definition) is 0. The first-order valence-electron chi connectivity index (χ1n) is 29.2. The molecule has 3 heterocycles. The molecule has 0 spiro atoms. The molecule has 0 fully saturated rings. The molecule has 0 aliphatic heterocycles. The summed E-state index contributed by atoms with van der Waals surface area (Å²) in [6, 6.07) is 100. The van der Waals surface area contributed by atoms with Gasteiger partial charge in [0.1, 0.15) is 5.82 Å². The summed E-state index contributed by atoms with van der Waals surface area (Å²) in [4.78, 5) is 13.1. The van der Waals surface area contributed by atoms with Crippen LogP contribution in [0.3, 0.4) is 0 Å². The van der Waals surface area contributed by atoms with Crippen LogP contribution in [0, 0.1) is 11.3 Å². The number of rotatable bonds is 11. The summed E-state index contributed by atoms with van der Waals surface area (Å²) < 4.78 is 4.85. The number of para-hydroxylation sites is 3. The fourth-order valence-electron chi connectivity index (χ4n) is 12.7. The van der Waals surface area contributed by atoms with Gasteiger partial charge >= 0.3 is 0 Å². The van der Waals surface area contributed by atoms with Crippen LogP contribution in [0.25, 0.3) is 116 Å². The number of nitriles is 1. The summed E-state index contributed by atoms with van der Waals surface area (Å²) in [5.41, 5.74) is 20.5. The highest BCUT2D eigenvalue weighted by Crippen LogP contribution is 2.42. The van der Waals surface area contributed by atoms with E-state index in [2.05, 4.69) is 284 Å². The second-order valence-electron chi connectivity index (χ2n) is 23.2. The van der Waals surface area contributed by atoms with Gasteiger partial charge in [-0.2, -0.15) is 5.26 Å². The van der Waals surface area contributed by atoms with E-state index in [0.717, 1.165) is 108 Å². The van der Waals surface area contributed by atoms with Crippen LogP contribution in [-0.2, 0) is 18.4 Å². The maximum Gasteiger partial charge on any atom is 0.145 e. The predicted octanol–water partition coefficient (Wildman–Crippen LogP) is 20.5. The minimum Gasteiger partial charge on any atom is -0.340 e. The summed E-state index contributed by atoms with van der Waals surface area (Å²) in [5, 5.41) is 17.8. The molecule has 85 heavy (non-hydrogen) atoms. The van der Waals surface area contributed by atoms with E-state index in [4.69, 9.17) is 9.97 Å². The Bertz CT molecular complexity index is 5080. The molecule has 404 valence electrons. The molecule has 0 unspecified atom stereocenters. The fraction of sp³-hybridized carbons (Fsp3) is 0.0759. The summed E-state index contributed by atoms with van der Waals surface area (Å²) in [7, 11) is 0. The molecule has 0 saturated carbocycles. The summed E-state index contributed by atoms with van der Waals surface area (Å²) in [6.45, 7) is 7.60. The molecule has 0 radical (unpaired) electrons. The Kier molecular flexibility index (Phi) is 12.5. The number of anilines is 3. The Morgan fingerprint density at radius 3 is 1.74 bits per heavy atom. The lowest BCUT2D eigenvalue weighted by molar-refractivity contribution is 0.590. The maximum absolute atomic E-state index is 9.50. The van der Waals surface area contributed by atoms with Crippen molar-refractivity contribution in [2.75, 3.05) is 4.90 Å². The Balaban J connectivity index is 0.732. The molecular weight excluding hydrogens is 1030 g/mol. The van der Waals surface area contributed by atoms with Gasteiger partial charge in [-0.25, -0.2) is 9.97 Å². The number of fused-ring (bicyclic) bond motifs is 10. The third-order valence-electron chi connectivity index (χ3n) is 17.0. The van der Waals surface area contributed by atoms with Crippen molar-refractivity contribution in [2.45, 2.75) is 39.2 Å². The van der Waals surface area contributed by atoms with E-state index < -0.39 is 0 Å². The predicted molar refractivity (Wildman–Crippen MR) is 354 cm³/mol. The molecule has 15 rings (SSSR count). The van der Waals surface area contributed by atoms with Gasteiger partial charge in [-0.3, -0.25) is 4.57 Å². The SMILES string of the molecule is CC(C)(C)c1ccc(-n2c(-c3ccc(-c4ccc(N(c5ccccc5)c5cccc(CCn6c7ccccc7c7cc(-c8cc(-c9ccc(C#N)cc9)c9ccccc9n8)ccc76)c5)cc4)cc3)nc3c4ccccc4c4ccccc4c32)cc1. The zero-order chi connectivity index (χ0) is 57.2. The van der Waals surface area contributed by atoms with Gasteiger partial charge in [0.05, 0.1) is 33.9 Å². The number of pyridine rings is 1. The first kappa shape index (κ1) is 51.0. The second kappa shape index (κ2) is 20.8. The van der Waals surface area contributed by atoms with Crippen molar-refractivity contribution < 1.29 is 0 Å². The quantitative estimate of drug-likeness (QED) is 0.121. The smallest absolute Gasteiger partial charge is 0.145 e. The third-order valence-corrected chi connectivity index (χ3v) is 17.0. The summed E-state index contributed by atoms with van der Waals surface area (Å²) in [6.07, 6.45) is 0.841. The lowest BCUT2D eigenvalue weighted by atomic mass is 9.87. The Hall–Kier alpha value is -10.9. The van der Waals surface area contributed by atoms with Gasteiger partial charge < -0.3 is 9.47 Å². The minimum absolute atomic E-state index is 0.0350. The average Bonchev–Trinajstić information content (AvgIpc) is 2.32. The molecule has 12 aromatic carbocycles. The summed E-state index contributed by atoms with van der Waals surface area (Å²) >= 11 is 0. The second-order valence-corrected chi connectivity index (χ2v) is 23.2. The van der Waals surface area contributed by atoms with Crippen LogP contribution in [0.2, 0.25) is 0 Å². The Morgan fingerprint density at radius 2 is 1.01 bits per heavy atom. The van der Waals surface area contributed by atoms with Gasteiger partial charge in [-0.1, -0.05) is 203 Å². The monoisotopic (exact) mass is 1090 g/mol. The highest BCUT2D eigenvalue weighted by atomic mass is 15.1. The topological polar surface area (TPSA) is 62.7 Å². The molecular formula is C79H58N6. The molecule has 15 aromatic rings. The highest BCUT2D eigenvalue weighted by Gasteiger charge is 2.23. The largest absolute Gasteiger partial charge is 0.340 e. The minimum atomic E-state index is 0.0350. The summed E-state index contributed by atoms with van der Waals surface area (Å²) in [5.74, 6) is 0.915. The average molecular weight is 1090 g/mol. The first-order chi connectivity index (χ1) is 41.7. The van der Waals surface area contributed by atoms with Crippen LogP contribution in [0.1, 0.15) is 37.5 Å². The molecule has 0 aliphatic rings. The van der Waals surface area contributed by atoms with E-state index in [9.17, 15) is 5.26 Å². The molecule has 0 aliphatic carbocycles. The molecule has 0 bridgehead atoms. The van der Waals surface area contributed by atoms with E-state index in [1.54, 1.807) is 0 Å². The lowest BCUT2D eigenvalue weighted by Crippen LogP contribution is -2.11. The van der Waals surface area contributed by atoms with Crippen LogP contribution < -0.4 is 4.90 Å². The van der Waals surface area contributed by atoms with Gasteiger partial charge in [0.2, 0.25) is 0 Å².